The van der Waals surface area contributed by atoms with Gasteiger partial charge in [-0.2, -0.15) is 0 Å². The third-order valence-electron chi connectivity index (χ3n) is 5.93. The molecular weight excluding hydrogens is 398 g/mol. The molecule has 4 rings (SSSR count). The van der Waals surface area contributed by atoms with Gasteiger partial charge in [0.2, 0.25) is 10.0 Å². The lowest BCUT2D eigenvalue weighted by Gasteiger charge is -2.21. The van der Waals surface area contributed by atoms with Crippen LogP contribution in [0.4, 0.5) is 5.69 Å². The summed E-state index contributed by atoms with van der Waals surface area (Å²) in [5, 5.41) is 2.97. The molecular formula is C23H29N3O3S. The highest BCUT2D eigenvalue weighted by atomic mass is 32.2. The molecule has 0 radical (unpaired) electrons. The van der Waals surface area contributed by atoms with Crippen LogP contribution in [0.5, 0.6) is 0 Å². The van der Waals surface area contributed by atoms with Crippen molar-refractivity contribution in [3.05, 3.63) is 64.7 Å². The molecule has 2 aliphatic heterocycles. The molecule has 1 saturated heterocycles. The first-order valence-electron chi connectivity index (χ1n) is 10.5. The highest BCUT2D eigenvalue weighted by Crippen LogP contribution is 2.34. The molecule has 0 unspecified atom stereocenters. The maximum Gasteiger partial charge on any atom is 0.251 e. The Morgan fingerprint density at radius 3 is 2.40 bits per heavy atom. The predicted octanol–water partition coefficient (Wildman–Crippen LogP) is 2.92. The van der Waals surface area contributed by atoms with Gasteiger partial charge in [0.05, 0.1) is 11.9 Å². The molecule has 0 bridgehead atoms. The monoisotopic (exact) mass is 427 g/mol. The van der Waals surface area contributed by atoms with Crippen LogP contribution < -0.4 is 9.62 Å². The molecule has 30 heavy (non-hydrogen) atoms. The molecule has 6 nitrogen and oxygen atoms in total. The number of anilines is 1. The van der Waals surface area contributed by atoms with E-state index in [1.54, 1.807) is 12.1 Å². The molecule has 2 aromatic carbocycles. The maximum atomic E-state index is 12.6. The third-order valence-corrected chi connectivity index (χ3v) is 7.20. The van der Waals surface area contributed by atoms with Gasteiger partial charge in [0.1, 0.15) is 0 Å². The Morgan fingerprint density at radius 2 is 1.73 bits per heavy atom. The highest BCUT2D eigenvalue weighted by molar-refractivity contribution is 7.92. The fourth-order valence-electron chi connectivity index (χ4n) is 4.50. The number of hydrogen-bond donors (Lipinski definition) is 1. The topological polar surface area (TPSA) is 69.7 Å². The summed E-state index contributed by atoms with van der Waals surface area (Å²) in [6, 6.07) is 13.5. The summed E-state index contributed by atoms with van der Waals surface area (Å²) in [6.07, 6.45) is 4.41. The number of amides is 1. The molecule has 0 aromatic heterocycles. The smallest absolute Gasteiger partial charge is 0.251 e. The molecule has 1 amide bonds. The molecule has 7 heteroatoms. The van der Waals surface area contributed by atoms with Crippen molar-refractivity contribution < 1.29 is 13.2 Å². The van der Waals surface area contributed by atoms with Crippen molar-refractivity contribution in [1.82, 2.24) is 10.2 Å². The summed E-state index contributed by atoms with van der Waals surface area (Å²) in [6.45, 7) is 5.70. The SMILES string of the molecule is C[C@H]1Cc2cc(C(=O)NCc3ccc(CN4CCCC4)cc3)ccc2N1S(C)(=O)=O. The zero-order valence-corrected chi connectivity index (χ0v) is 18.4. The number of nitrogens with one attached hydrogen (secondary N) is 1. The van der Waals surface area contributed by atoms with Gasteiger partial charge in [0, 0.05) is 24.7 Å². The van der Waals surface area contributed by atoms with Crippen molar-refractivity contribution >= 4 is 21.6 Å². The normalized spacial score (nSPS) is 19.1. The Bertz CT molecular complexity index is 1030. The minimum absolute atomic E-state index is 0.132. The van der Waals surface area contributed by atoms with E-state index in [1.807, 2.05) is 13.0 Å². The lowest BCUT2D eigenvalue weighted by molar-refractivity contribution is 0.0951. The summed E-state index contributed by atoms with van der Waals surface area (Å²) in [4.78, 5) is 15.1. The van der Waals surface area contributed by atoms with Crippen LogP contribution in [-0.4, -0.2) is 44.6 Å². The third kappa shape index (κ3) is 4.52. The fourth-order valence-corrected chi connectivity index (χ4v) is 5.76. The van der Waals surface area contributed by atoms with E-state index >= 15 is 0 Å². The number of rotatable bonds is 6. The van der Waals surface area contributed by atoms with Crippen LogP contribution in [0.25, 0.3) is 0 Å². The van der Waals surface area contributed by atoms with E-state index in [1.165, 1.54) is 42.1 Å². The summed E-state index contributed by atoms with van der Waals surface area (Å²) in [7, 11) is -3.33. The first-order chi connectivity index (χ1) is 14.3. The molecule has 1 fully saturated rings. The minimum atomic E-state index is -3.33. The van der Waals surface area contributed by atoms with E-state index in [-0.39, 0.29) is 11.9 Å². The Hall–Kier alpha value is -2.38. The van der Waals surface area contributed by atoms with Crippen LogP contribution in [0.1, 0.15) is 46.8 Å². The van der Waals surface area contributed by atoms with E-state index < -0.39 is 10.0 Å². The summed E-state index contributed by atoms with van der Waals surface area (Å²) in [5.74, 6) is -0.149. The molecule has 1 N–H and O–H groups in total. The van der Waals surface area contributed by atoms with Crippen molar-refractivity contribution in [1.29, 1.82) is 0 Å². The Labute approximate surface area is 178 Å². The van der Waals surface area contributed by atoms with Gasteiger partial charge < -0.3 is 5.32 Å². The number of nitrogens with zero attached hydrogens (tertiary/aromatic N) is 2. The maximum absolute atomic E-state index is 12.6. The molecule has 2 heterocycles. The van der Waals surface area contributed by atoms with Crippen molar-refractivity contribution in [3.8, 4) is 0 Å². The summed E-state index contributed by atoms with van der Waals surface area (Å²) < 4.78 is 25.5. The van der Waals surface area contributed by atoms with Gasteiger partial charge >= 0.3 is 0 Å². The lowest BCUT2D eigenvalue weighted by atomic mass is 10.1. The number of fused-ring (bicyclic) bond motifs is 1. The second-order valence-electron chi connectivity index (χ2n) is 8.44. The number of carbonyl (C=O) groups excluding carboxylic acids is 1. The Kier molecular flexibility index (Phi) is 5.84. The average molecular weight is 428 g/mol. The van der Waals surface area contributed by atoms with Gasteiger partial charge in [-0.3, -0.25) is 14.0 Å². The van der Waals surface area contributed by atoms with Crippen molar-refractivity contribution in [2.45, 2.75) is 45.3 Å². The van der Waals surface area contributed by atoms with Gasteiger partial charge in [-0.05, 0) is 74.2 Å². The largest absolute Gasteiger partial charge is 0.348 e. The van der Waals surface area contributed by atoms with Crippen molar-refractivity contribution in [2.24, 2.45) is 0 Å². The number of benzene rings is 2. The van der Waals surface area contributed by atoms with Crippen LogP contribution in [0.3, 0.4) is 0 Å². The van der Waals surface area contributed by atoms with E-state index in [4.69, 9.17) is 0 Å². The number of likely N-dealkylation sites (tertiary alicyclic amines) is 1. The van der Waals surface area contributed by atoms with Gasteiger partial charge in [-0.1, -0.05) is 24.3 Å². The van der Waals surface area contributed by atoms with Crippen LogP contribution >= 0.6 is 0 Å². The van der Waals surface area contributed by atoms with Gasteiger partial charge in [0.25, 0.3) is 5.91 Å². The Balaban J connectivity index is 1.37. The molecule has 2 aliphatic rings. The highest BCUT2D eigenvalue weighted by Gasteiger charge is 2.32. The standard InChI is InChI=1S/C23H29N3O3S/c1-17-13-21-14-20(9-10-22(21)26(17)30(2,28)29)23(27)24-15-18-5-7-19(8-6-18)16-25-11-3-4-12-25/h5-10,14,17H,3-4,11-13,15-16H2,1-2H3,(H,24,27)/t17-/m0/s1. The van der Waals surface area contributed by atoms with Gasteiger partial charge in [-0.15, -0.1) is 0 Å². The molecule has 1 atom stereocenters. The second-order valence-corrected chi connectivity index (χ2v) is 10.3. The van der Waals surface area contributed by atoms with Crippen LogP contribution in [0.2, 0.25) is 0 Å². The van der Waals surface area contributed by atoms with Crippen molar-refractivity contribution in [3.63, 3.8) is 0 Å². The second kappa shape index (κ2) is 8.40. The predicted molar refractivity (Wildman–Crippen MR) is 119 cm³/mol. The summed E-state index contributed by atoms with van der Waals surface area (Å²) >= 11 is 0. The molecule has 0 aliphatic carbocycles. The van der Waals surface area contributed by atoms with E-state index in [0.717, 1.165) is 17.7 Å². The number of sulfonamides is 1. The van der Waals surface area contributed by atoms with Crippen LogP contribution in [0, 0.1) is 0 Å². The lowest BCUT2D eigenvalue weighted by Crippen LogP contribution is -2.34. The molecule has 160 valence electrons. The molecule has 0 saturated carbocycles. The van der Waals surface area contributed by atoms with Gasteiger partial charge in [0.15, 0.2) is 0 Å². The number of carbonyl (C=O) groups is 1. The Morgan fingerprint density at radius 1 is 1.07 bits per heavy atom. The van der Waals surface area contributed by atoms with E-state index in [2.05, 4.69) is 34.5 Å². The average Bonchev–Trinajstić information content (AvgIpc) is 3.32. The number of hydrogen-bond acceptors (Lipinski definition) is 4. The first-order valence-corrected chi connectivity index (χ1v) is 12.4. The van der Waals surface area contributed by atoms with E-state index in [0.29, 0.717) is 24.2 Å². The van der Waals surface area contributed by atoms with Crippen molar-refractivity contribution in [2.75, 3.05) is 23.7 Å². The zero-order chi connectivity index (χ0) is 21.3. The molecule has 2 aromatic rings. The zero-order valence-electron chi connectivity index (χ0n) is 17.6. The fraction of sp³-hybridized carbons (Fsp3) is 0.435. The minimum Gasteiger partial charge on any atom is -0.348 e. The van der Waals surface area contributed by atoms with Crippen LogP contribution in [0.15, 0.2) is 42.5 Å². The summed E-state index contributed by atoms with van der Waals surface area (Å²) in [5.41, 5.74) is 4.49. The van der Waals surface area contributed by atoms with Gasteiger partial charge in [-0.25, -0.2) is 8.42 Å². The first kappa shape index (κ1) is 20.9. The quantitative estimate of drug-likeness (QED) is 0.770. The van der Waals surface area contributed by atoms with Crippen LogP contribution in [-0.2, 0) is 29.5 Å². The van der Waals surface area contributed by atoms with E-state index in [9.17, 15) is 13.2 Å². The molecule has 0 spiro atoms.